The van der Waals surface area contributed by atoms with Crippen LogP contribution in [0, 0.1) is 0 Å². The zero-order valence-electron chi connectivity index (χ0n) is 16.3. The molecule has 4 rings (SSSR count). The molecular formula is C26H20O4. The van der Waals surface area contributed by atoms with E-state index in [1.807, 2.05) is 48.5 Å². The van der Waals surface area contributed by atoms with Crippen LogP contribution >= 0.6 is 0 Å². The molecule has 4 aromatic rings. The Morgan fingerprint density at radius 3 is 2.30 bits per heavy atom. The SMILES string of the molecule is O=Cc1ccc2ccccc2c1OC(=O)c1ccc(OCCc2ccccc2)cc1. The van der Waals surface area contributed by atoms with Crippen molar-refractivity contribution in [1.82, 2.24) is 0 Å². The number of rotatable bonds is 7. The lowest BCUT2D eigenvalue weighted by Gasteiger charge is -2.11. The van der Waals surface area contributed by atoms with Crippen LogP contribution in [0.15, 0.2) is 91.0 Å². The van der Waals surface area contributed by atoms with Gasteiger partial charge in [-0.3, -0.25) is 4.79 Å². The fraction of sp³-hybridized carbons (Fsp3) is 0.0769. The molecule has 0 aromatic heterocycles. The Balaban J connectivity index is 1.44. The minimum atomic E-state index is -0.523. The highest BCUT2D eigenvalue weighted by Crippen LogP contribution is 2.30. The number of aldehydes is 1. The summed E-state index contributed by atoms with van der Waals surface area (Å²) in [6.07, 6.45) is 1.50. The molecule has 0 heterocycles. The molecule has 0 aliphatic heterocycles. The van der Waals surface area contributed by atoms with E-state index in [0.717, 1.165) is 17.2 Å². The monoisotopic (exact) mass is 396 g/mol. The number of carbonyl (C=O) groups is 2. The lowest BCUT2D eigenvalue weighted by Crippen LogP contribution is -2.10. The average molecular weight is 396 g/mol. The Labute approximate surface area is 174 Å². The molecule has 0 bridgehead atoms. The summed E-state index contributed by atoms with van der Waals surface area (Å²) in [5.41, 5.74) is 1.93. The third kappa shape index (κ3) is 4.39. The Bertz CT molecular complexity index is 1160. The molecule has 0 amide bonds. The molecule has 30 heavy (non-hydrogen) atoms. The number of ether oxygens (including phenoxy) is 2. The second-order valence-electron chi connectivity index (χ2n) is 6.82. The van der Waals surface area contributed by atoms with Crippen molar-refractivity contribution in [2.24, 2.45) is 0 Å². The van der Waals surface area contributed by atoms with E-state index in [0.29, 0.717) is 29.8 Å². The Kier molecular flexibility index (Phi) is 5.85. The Hall–Kier alpha value is -3.92. The van der Waals surface area contributed by atoms with E-state index in [2.05, 4.69) is 12.1 Å². The maximum atomic E-state index is 12.7. The standard InChI is InChI=1S/C26H20O4/c27-18-22-11-10-20-8-4-5-9-24(20)25(22)30-26(28)21-12-14-23(15-13-21)29-17-16-19-6-2-1-3-7-19/h1-15,18H,16-17H2. The first kappa shape index (κ1) is 19.4. The summed E-state index contributed by atoms with van der Waals surface area (Å²) in [7, 11) is 0. The molecule has 0 radical (unpaired) electrons. The highest BCUT2D eigenvalue weighted by Gasteiger charge is 2.15. The van der Waals surface area contributed by atoms with Gasteiger partial charge >= 0.3 is 5.97 Å². The largest absolute Gasteiger partial charge is 0.493 e. The summed E-state index contributed by atoms with van der Waals surface area (Å²) in [5.74, 6) is 0.433. The first-order valence-corrected chi connectivity index (χ1v) is 9.70. The fourth-order valence-electron chi connectivity index (χ4n) is 3.24. The van der Waals surface area contributed by atoms with Crippen LogP contribution in [0.4, 0.5) is 0 Å². The molecule has 0 spiro atoms. The van der Waals surface area contributed by atoms with Crippen molar-refractivity contribution in [3.8, 4) is 11.5 Å². The average Bonchev–Trinajstić information content (AvgIpc) is 2.80. The summed E-state index contributed by atoms with van der Waals surface area (Å²) in [6.45, 7) is 0.548. The molecule has 4 nitrogen and oxygen atoms in total. The lowest BCUT2D eigenvalue weighted by molar-refractivity contribution is 0.0736. The first-order chi connectivity index (χ1) is 14.7. The zero-order chi connectivity index (χ0) is 20.8. The van der Waals surface area contributed by atoms with Crippen LogP contribution in [0.2, 0.25) is 0 Å². The summed E-state index contributed by atoms with van der Waals surface area (Å²) >= 11 is 0. The quantitative estimate of drug-likeness (QED) is 0.235. The number of fused-ring (bicyclic) bond motifs is 1. The van der Waals surface area contributed by atoms with Gasteiger partial charge in [-0.1, -0.05) is 60.7 Å². The highest BCUT2D eigenvalue weighted by molar-refractivity contribution is 6.00. The van der Waals surface area contributed by atoms with Gasteiger partial charge in [-0.25, -0.2) is 4.79 Å². The summed E-state index contributed by atoms with van der Waals surface area (Å²) in [5, 5.41) is 1.62. The van der Waals surface area contributed by atoms with Crippen molar-refractivity contribution in [3.05, 3.63) is 108 Å². The molecule has 4 aromatic carbocycles. The lowest BCUT2D eigenvalue weighted by atomic mass is 10.1. The van der Waals surface area contributed by atoms with Gasteiger partial charge in [-0.2, -0.15) is 0 Å². The number of hydrogen-bond acceptors (Lipinski definition) is 4. The van der Waals surface area contributed by atoms with Gasteiger partial charge in [0.05, 0.1) is 17.7 Å². The van der Waals surface area contributed by atoms with E-state index in [9.17, 15) is 9.59 Å². The molecule has 0 N–H and O–H groups in total. The van der Waals surface area contributed by atoms with E-state index in [1.165, 1.54) is 5.56 Å². The predicted octanol–water partition coefficient (Wildman–Crippen LogP) is 5.49. The van der Waals surface area contributed by atoms with Gasteiger partial charge in [0, 0.05) is 11.8 Å². The van der Waals surface area contributed by atoms with Crippen LogP contribution in [-0.4, -0.2) is 18.9 Å². The van der Waals surface area contributed by atoms with E-state index >= 15 is 0 Å². The number of benzene rings is 4. The minimum Gasteiger partial charge on any atom is -0.493 e. The molecule has 0 unspecified atom stereocenters. The van der Waals surface area contributed by atoms with Crippen molar-refractivity contribution < 1.29 is 19.1 Å². The molecule has 4 heteroatoms. The molecule has 0 aliphatic carbocycles. The number of carbonyl (C=O) groups excluding carboxylic acids is 2. The second kappa shape index (κ2) is 9.05. The van der Waals surface area contributed by atoms with Gasteiger partial charge in [-0.05, 0) is 41.3 Å². The molecule has 0 atom stereocenters. The van der Waals surface area contributed by atoms with Gasteiger partial charge in [0.15, 0.2) is 6.29 Å². The fourth-order valence-corrected chi connectivity index (χ4v) is 3.24. The van der Waals surface area contributed by atoms with E-state index in [-0.39, 0.29) is 5.75 Å². The van der Waals surface area contributed by atoms with E-state index in [4.69, 9.17) is 9.47 Å². The maximum Gasteiger partial charge on any atom is 0.343 e. The predicted molar refractivity (Wildman–Crippen MR) is 116 cm³/mol. The van der Waals surface area contributed by atoms with Gasteiger partial charge in [0.2, 0.25) is 0 Å². The maximum absolute atomic E-state index is 12.7. The van der Waals surface area contributed by atoms with Gasteiger partial charge in [0.1, 0.15) is 11.5 Å². The summed E-state index contributed by atoms with van der Waals surface area (Å²) < 4.78 is 11.4. The topological polar surface area (TPSA) is 52.6 Å². The van der Waals surface area contributed by atoms with Crippen LogP contribution in [0.3, 0.4) is 0 Å². The number of hydrogen-bond donors (Lipinski definition) is 0. The first-order valence-electron chi connectivity index (χ1n) is 9.70. The van der Waals surface area contributed by atoms with Crippen LogP contribution in [0.1, 0.15) is 26.3 Å². The summed E-state index contributed by atoms with van der Waals surface area (Å²) in [6, 6.07) is 27.9. The van der Waals surface area contributed by atoms with Crippen LogP contribution in [-0.2, 0) is 6.42 Å². The smallest absolute Gasteiger partial charge is 0.343 e. The second-order valence-corrected chi connectivity index (χ2v) is 6.82. The normalized spacial score (nSPS) is 10.5. The van der Waals surface area contributed by atoms with Crippen molar-refractivity contribution >= 4 is 23.0 Å². The van der Waals surface area contributed by atoms with Gasteiger partial charge in [0.25, 0.3) is 0 Å². The van der Waals surface area contributed by atoms with Crippen molar-refractivity contribution in [1.29, 1.82) is 0 Å². The van der Waals surface area contributed by atoms with Crippen LogP contribution < -0.4 is 9.47 Å². The van der Waals surface area contributed by atoms with Crippen molar-refractivity contribution in [3.63, 3.8) is 0 Å². The van der Waals surface area contributed by atoms with E-state index in [1.54, 1.807) is 30.3 Å². The van der Waals surface area contributed by atoms with Crippen molar-refractivity contribution in [2.75, 3.05) is 6.61 Å². The summed E-state index contributed by atoms with van der Waals surface area (Å²) in [4.78, 5) is 24.1. The molecule has 0 saturated carbocycles. The van der Waals surface area contributed by atoms with Crippen molar-refractivity contribution in [2.45, 2.75) is 6.42 Å². The molecule has 0 saturated heterocycles. The third-order valence-corrected chi connectivity index (χ3v) is 4.82. The molecule has 0 fully saturated rings. The molecular weight excluding hydrogens is 376 g/mol. The van der Waals surface area contributed by atoms with Crippen LogP contribution in [0.25, 0.3) is 10.8 Å². The molecule has 148 valence electrons. The van der Waals surface area contributed by atoms with Gasteiger partial charge < -0.3 is 9.47 Å². The Morgan fingerprint density at radius 2 is 1.53 bits per heavy atom. The number of esters is 1. The highest BCUT2D eigenvalue weighted by atomic mass is 16.5. The van der Waals surface area contributed by atoms with Gasteiger partial charge in [-0.15, -0.1) is 0 Å². The molecule has 0 aliphatic rings. The zero-order valence-corrected chi connectivity index (χ0v) is 16.3. The minimum absolute atomic E-state index is 0.274. The third-order valence-electron chi connectivity index (χ3n) is 4.82. The van der Waals surface area contributed by atoms with E-state index < -0.39 is 5.97 Å². The Morgan fingerprint density at radius 1 is 0.800 bits per heavy atom. The van der Waals surface area contributed by atoms with Crippen LogP contribution in [0.5, 0.6) is 11.5 Å².